The van der Waals surface area contributed by atoms with Crippen LogP contribution in [0.5, 0.6) is 0 Å². The Bertz CT molecular complexity index is 1330. The van der Waals surface area contributed by atoms with Crippen molar-refractivity contribution >= 4 is 11.0 Å². The number of ether oxygens (including phenoxy) is 2. The highest BCUT2D eigenvalue weighted by molar-refractivity contribution is 5.81. The van der Waals surface area contributed by atoms with Crippen molar-refractivity contribution in [2.75, 3.05) is 13.2 Å². The van der Waals surface area contributed by atoms with Gasteiger partial charge in [0.25, 0.3) is 5.56 Å². The number of fused-ring (bicyclic) bond motifs is 2. The molecule has 14 heteroatoms. The second-order valence-corrected chi connectivity index (χ2v) is 8.86. The summed E-state index contributed by atoms with van der Waals surface area (Å²) in [5, 5.41) is 60.5. The van der Waals surface area contributed by atoms with Crippen molar-refractivity contribution in [3.63, 3.8) is 0 Å². The molecule has 1 saturated heterocycles. The molecule has 0 unspecified atom stereocenters. The van der Waals surface area contributed by atoms with Crippen LogP contribution in [0, 0.1) is 13.8 Å². The fourth-order valence-electron chi connectivity index (χ4n) is 4.08. The molecule has 1 fully saturated rings. The number of hydrogen-bond donors (Lipinski definition) is 7. The number of nitrogens with zero attached hydrogens (tertiary/aromatic N) is 3. The van der Waals surface area contributed by atoms with Gasteiger partial charge in [0.05, 0.1) is 30.8 Å². The van der Waals surface area contributed by atoms with E-state index in [1.54, 1.807) is 12.1 Å². The van der Waals surface area contributed by atoms with Crippen molar-refractivity contribution in [2.45, 2.75) is 63.3 Å². The van der Waals surface area contributed by atoms with E-state index in [-0.39, 0.29) is 18.1 Å². The Morgan fingerprint density at radius 1 is 1.08 bits per heavy atom. The number of aromatic nitrogens is 4. The highest BCUT2D eigenvalue weighted by Crippen LogP contribution is 2.25. The van der Waals surface area contributed by atoms with Crippen LogP contribution in [0.4, 0.5) is 0 Å². The zero-order valence-electron chi connectivity index (χ0n) is 19.5. The lowest BCUT2D eigenvalue weighted by atomic mass is 10.1. The lowest BCUT2D eigenvalue weighted by Crippen LogP contribution is -2.44. The topological polar surface area (TPSA) is 220 Å². The molecule has 3 heterocycles. The Morgan fingerprint density at radius 2 is 1.78 bits per heavy atom. The van der Waals surface area contributed by atoms with Crippen LogP contribution in [0.25, 0.3) is 22.6 Å². The minimum Gasteiger partial charge on any atom is -0.394 e. The molecule has 7 atom stereocenters. The quantitative estimate of drug-likeness (QED) is 0.149. The van der Waals surface area contributed by atoms with Gasteiger partial charge in [-0.15, -0.1) is 0 Å². The molecule has 1 aromatic rings. The number of H-pyrrole nitrogens is 1. The van der Waals surface area contributed by atoms with E-state index in [9.17, 15) is 35.1 Å². The first kappa shape index (κ1) is 26.2. The van der Waals surface area contributed by atoms with Crippen LogP contribution in [0.3, 0.4) is 0 Å². The summed E-state index contributed by atoms with van der Waals surface area (Å²) in [6.07, 6.45) is -10.4. The fraction of sp³-hybridized carbons (Fsp3) is 0.545. The van der Waals surface area contributed by atoms with E-state index < -0.39 is 67.4 Å². The van der Waals surface area contributed by atoms with Crippen molar-refractivity contribution in [1.29, 1.82) is 0 Å². The standard InChI is InChI=1S/C22H28N4O10/c1-8-3-10-11(4-9(8)2)26(19-15(23-10)20(33)25-22(34)24-19)5-12(28)16(30)13(29)7-35-21-18(32)17(31)14(6-27)36-21/h3-4,12-14,16-18,21,27-32H,5-7H2,1-2H3,(H,25,33,34)/t12-,13+,14+,16-,17+,18-,21-/m0/s1. The number of aliphatic hydroxyl groups is 6. The van der Waals surface area contributed by atoms with E-state index in [4.69, 9.17) is 14.6 Å². The van der Waals surface area contributed by atoms with Crippen LogP contribution < -0.4 is 11.2 Å². The Morgan fingerprint density at radius 3 is 2.44 bits per heavy atom. The molecule has 7 N–H and O–H groups in total. The Hall–Kier alpha value is -2.82. The van der Waals surface area contributed by atoms with Crippen molar-refractivity contribution in [3.8, 4) is 11.5 Å². The van der Waals surface area contributed by atoms with Crippen LogP contribution in [0.1, 0.15) is 11.1 Å². The molecule has 0 spiro atoms. The third-order valence-electron chi connectivity index (χ3n) is 6.31. The lowest BCUT2D eigenvalue weighted by Gasteiger charge is -2.26. The summed E-state index contributed by atoms with van der Waals surface area (Å²) in [5.74, 6) is -0.108. The average molecular weight is 508 g/mol. The third kappa shape index (κ3) is 4.89. The first-order chi connectivity index (χ1) is 17.0. The van der Waals surface area contributed by atoms with Gasteiger partial charge in [0, 0.05) is 0 Å². The van der Waals surface area contributed by atoms with Gasteiger partial charge in [0.15, 0.2) is 17.8 Å². The SMILES string of the molecule is Cc1cc2nc3c(=O)[nH]c(=O)nc-3n(C[C@H](O)[C@H](O)[C@H](O)CO[C@H]3O[C@H](CO)[C@@H](O)[C@@H]3O)c2cc1C. The van der Waals surface area contributed by atoms with E-state index in [1.165, 1.54) is 4.57 Å². The highest BCUT2D eigenvalue weighted by Gasteiger charge is 2.43. The zero-order chi connectivity index (χ0) is 26.3. The fourth-order valence-corrected chi connectivity index (χ4v) is 4.08. The number of aliphatic hydroxyl groups excluding tert-OH is 6. The maximum absolute atomic E-state index is 12.4. The Labute approximate surface area is 203 Å². The first-order valence-corrected chi connectivity index (χ1v) is 11.2. The number of hydrogen-bond acceptors (Lipinski definition) is 12. The largest absolute Gasteiger partial charge is 0.394 e. The number of rotatable bonds is 8. The molecule has 196 valence electrons. The van der Waals surface area contributed by atoms with Crippen LogP contribution in [0.15, 0.2) is 21.7 Å². The molecule has 0 radical (unpaired) electrons. The van der Waals surface area contributed by atoms with Gasteiger partial charge in [0.1, 0.15) is 36.6 Å². The smallest absolute Gasteiger partial charge is 0.349 e. The number of aryl methyl sites for hydroxylation is 2. The number of benzene rings is 1. The van der Waals surface area contributed by atoms with Crippen molar-refractivity contribution in [2.24, 2.45) is 0 Å². The summed E-state index contributed by atoms with van der Waals surface area (Å²) in [5.41, 5.74) is 0.780. The van der Waals surface area contributed by atoms with E-state index in [1.807, 2.05) is 13.8 Å². The summed E-state index contributed by atoms with van der Waals surface area (Å²) in [7, 11) is 0. The molecule has 36 heavy (non-hydrogen) atoms. The summed E-state index contributed by atoms with van der Waals surface area (Å²) >= 11 is 0. The predicted octanol–water partition coefficient (Wildman–Crippen LogP) is -3.26. The summed E-state index contributed by atoms with van der Waals surface area (Å²) in [6, 6.07) is 3.47. The van der Waals surface area contributed by atoms with Gasteiger partial charge in [-0.1, -0.05) is 0 Å². The molecule has 3 aliphatic rings. The molecular formula is C22H28N4O10. The van der Waals surface area contributed by atoms with Gasteiger partial charge >= 0.3 is 5.69 Å². The minimum atomic E-state index is -1.77. The lowest BCUT2D eigenvalue weighted by molar-refractivity contribution is -0.193. The van der Waals surface area contributed by atoms with Crippen molar-refractivity contribution in [1.82, 2.24) is 19.5 Å². The molecule has 0 aliphatic carbocycles. The Balaban J connectivity index is 1.58. The first-order valence-electron chi connectivity index (χ1n) is 11.2. The van der Waals surface area contributed by atoms with Crippen LogP contribution >= 0.6 is 0 Å². The normalized spacial score (nSPS) is 24.9. The number of nitrogens with one attached hydrogen (secondary N) is 1. The minimum absolute atomic E-state index is 0.108. The van der Waals surface area contributed by atoms with E-state index >= 15 is 0 Å². The second kappa shape index (κ2) is 10.3. The van der Waals surface area contributed by atoms with Crippen LogP contribution in [-0.4, -0.2) is 106 Å². The van der Waals surface area contributed by atoms with Crippen LogP contribution in [-0.2, 0) is 16.0 Å². The monoisotopic (exact) mass is 508 g/mol. The maximum atomic E-state index is 12.4. The van der Waals surface area contributed by atoms with Gasteiger partial charge in [-0.05, 0) is 37.1 Å². The van der Waals surface area contributed by atoms with E-state index in [0.29, 0.717) is 11.0 Å². The van der Waals surface area contributed by atoms with E-state index in [2.05, 4.69) is 15.0 Å². The summed E-state index contributed by atoms with van der Waals surface area (Å²) in [6.45, 7) is 2.18. The van der Waals surface area contributed by atoms with Gasteiger partial charge in [-0.25, -0.2) is 9.78 Å². The number of aromatic amines is 1. The molecule has 1 aromatic carbocycles. The van der Waals surface area contributed by atoms with Crippen LogP contribution in [0.2, 0.25) is 0 Å². The molecule has 0 bridgehead atoms. The second-order valence-electron chi connectivity index (χ2n) is 8.86. The molecule has 0 saturated carbocycles. The summed E-state index contributed by atoms with van der Waals surface area (Å²) in [4.78, 5) is 34.5. The molecule has 14 nitrogen and oxygen atoms in total. The molecule has 3 aliphatic heterocycles. The van der Waals surface area contributed by atoms with E-state index in [0.717, 1.165) is 11.1 Å². The molecule has 4 rings (SSSR count). The van der Waals surface area contributed by atoms with Gasteiger partial charge in [-0.3, -0.25) is 9.78 Å². The molecule has 0 aromatic heterocycles. The Kier molecular flexibility index (Phi) is 7.49. The maximum Gasteiger partial charge on any atom is 0.349 e. The molecule has 0 amide bonds. The zero-order valence-corrected chi connectivity index (χ0v) is 19.5. The predicted molar refractivity (Wildman–Crippen MR) is 122 cm³/mol. The van der Waals surface area contributed by atoms with Gasteiger partial charge in [0.2, 0.25) is 0 Å². The average Bonchev–Trinajstić information content (AvgIpc) is 3.11. The highest BCUT2D eigenvalue weighted by atomic mass is 16.7. The van der Waals surface area contributed by atoms with Gasteiger partial charge in [-0.2, -0.15) is 4.98 Å². The van der Waals surface area contributed by atoms with Gasteiger partial charge < -0.3 is 44.7 Å². The van der Waals surface area contributed by atoms with Crippen molar-refractivity contribution in [3.05, 3.63) is 44.1 Å². The van der Waals surface area contributed by atoms with Crippen molar-refractivity contribution < 1.29 is 40.1 Å². The third-order valence-corrected chi connectivity index (χ3v) is 6.31. The molecular weight excluding hydrogens is 480 g/mol. The summed E-state index contributed by atoms with van der Waals surface area (Å²) < 4.78 is 11.7.